The fourth-order valence-corrected chi connectivity index (χ4v) is 3.97. The summed E-state index contributed by atoms with van der Waals surface area (Å²) in [7, 11) is -3.80. The van der Waals surface area contributed by atoms with Gasteiger partial charge in [-0.15, -0.1) is 0 Å². The molecule has 0 spiro atoms. The molecule has 0 saturated carbocycles. The number of hydrogen-bond donors (Lipinski definition) is 2. The van der Waals surface area contributed by atoms with Gasteiger partial charge in [-0.05, 0) is 36.8 Å². The Bertz CT molecular complexity index is 763. The monoisotopic (exact) mass is 344 g/mol. The van der Waals surface area contributed by atoms with Gasteiger partial charge in [0.2, 0.25) is 10.0 Å². The summed E-state index contributed by atoms with van der Waals surface area (Å²) in [5.74, 6) is 0. The molecule has 0 heterocycles. The fraction of sp³-hybridized carbons (Fsp3) is 0.143. The SMILES string of the molecule is CC(NS(=O)(=O)c1cc(N)ccc1Cl)c1ccccc1Cl. The van der Waals surface area contributed by atoms with Crippen LogP contribution in [0.15, 0.2) is 47.4 Å². The van der Waals surface area contributed by atoms with E-state index in [0.717, 1.165) is 0 Å². The molecule has 2 rings (SSSR count). The smallest absolute Gasteiger partial charge is 0.242 e. The molecular weight excluding hydrogens is 331 g/mol. The second kappa shape index (κ2) is 6.23. The quantitative estimate of drug-likeness (QED) is 0.832. The molecule has 2 aromatic rings. The van der Waals surface area contributed by atoms with E-state index in [1.165, 1.54) is 12.1 Å². The van der Waals surface area contributed by atoms with Crippen molar-refractivity contribution in [2.45, 2.75) is 17.9 Å². The standard InChI is InChI=1S/C14H14Cl2N2O2S/c1-9(11-4-2-3-5-12(11)15)18-21(19,20)14-8-10(17)6-7-13(14)16/h2-9,18H,17H2,1H3. The zero-order valence-electron chi connectivity index (χ0n) is 11.2. The van der Waals surface area contributed by atoms with Gasteiger partial charge in [0, 0.05) is 16.8 Å². The number of nitrogens with one attached hydrogen (secondary N) is 1. The summed E-state index contributed by atoms with van der Waals surface area (Å²) < 4.78 is 27.4. The zero-order chi connectivity index (χ0) is 15.6. The third-order valence-electron chi connectivity index (χ3n) is 2.95. The van der Waals surface area contributed by atoms with Crippen molar-refractivity contribution in [2.75, 3.05) is 5.73 Å². The van der Waals surface area contributed by atoms with Gasteiger partial charge in [-0.3, -0.25) is 0 Å². The number of hydrogen-bond acceptors (Lipinski definition) is 3. The summed E-state index contributed by atoms with van der Waals surface area (Å²) >= 11 is 12.0. The second-order valence-corrected chi connectivity index (χ2v) is 7.05. The van der Waals surface area contributed by atoms with Crippen molar-refractivity contribution in [3.63, 3.8) is 0 Å². The van der Waals surface area contributed by atoms with Gasteiger partial charge in [-0.1, -0.05) is 41.4 Å². The van der Waals surface area contributed by atoms with Gasteiger partial charge in [0.1, 0.15) is 4.90 Å². The molecule has 3 N–H and O–H groups in total. The van der Waals surface area contributed by atoms with E-state index in [1.54, 1.807) is 37.3 Å². The zero-order valence-corrected chi connectivity index (χ0v) is 13.5. The maximum atomic E-state index is 12.4. The molecule has 2 aromatic carbocycles. The molecule has 0 aromatic heterocycles. The molecular formula is C14H14Cl2N2O2S. The van der Waals surface area contributed by atoms with Crippen LogP contribution in [-0.4, -0.2) is 8.42 Å². The molecule has 21 heavy (non-hydrogen) atoms. The maximum Gasteiger partial charge on any atom is 0.242 e. The Morgan fingerprint density at radius 2 is 1.76 bits per heavy atom. The van der Waals surface area contributed by atoms with Crippen molar-refractivity contribution in [1.82, 2.24) is 4.72 Å². The average molecular weight is 345 g/mol. The first kappa shape index (κ1) is 16.1. The first-order valence-electron chi connectivity index (χ1n) is 6.13. The van der Waals surface area contributed by atoms with E-state index in [-0.39, 0.29) is 9.92 Å². The Labute approximate surface area is 133 Å². The van der Waals surface area contributed by atoms with Gasteiger partial charge in [0.05, 0.1) is 5.02 Å². The van der Waals surface area contributed by atoms with Crippen LogP contribution in [-0.2, 0) is 10.0 Å². The minimum atomic E-state index is -3.80. The van der Waals surface area contributed by atoms with Crippen molar-refractivity contribution in [1.29, 1.82) is 0 Å². The third kappa shape index (κ3) is 3.68. The lowest BCUT2D eigenvalue weighted by molar-refractivity contribution is 0.567. The molecule has 1 atom stereocenters. The molecule has 0 bridgehead atoms. The topological polar surface area (TPSA) is 72.2 Å². The van der Waals surface area contributed by atoms with Crippen LogP contribution >= 0.6 is 23.2 Å². The molecule has 0 aliphatic carbocycles. The molecule has 1 unspecified atom stereocenters. The molecule has 4 nitrogen and oxygen atoms in total. The number of anilines is 1. The van der Waals surface area contributed by atoms with E-state index >= 15 is 0 Å². The minimum Gasteiger partial charge on any atom is -0.399 e. The predicted molar refractivity (Wildman–Crippen MR) is 86.1 cm³/mol. The summed E-state index contributed by atoms with van der Waals surface area (Å²) in [5.41, 5.74) is 6.63. The third-order valence-corrected chi connectivity index (χ3v) is 5.31. The normalized spacial score (nSPS) is 13.1. The highest BCUT2D eigenvalue weighted by Gasteiger charge is 2.22. The number of nitrogen functional groups attached to an aromatic ring is 1. The van der Waals surface area contributed by atoms with Gasteiger partial charge in [-0.2, -0.15) is 0 Å². The Kier molecular flexibility index (Phi) is 4.78. The molecule has 112 valence electrons. The largest absolute Gasteiger partial charge is 0.399 e. The minimum absolute atomic E-state index is 0.0527. The van der Waals surface area contributed by atoms with Crippen LogP contribution in [0.4, 0.5) is 5.69 Å². The van der Waals surface area contributed by atoms with Crippen molar-refractivity contribution in [2.24, 2.45) is 0 Å². The summed E-state index contributed by atoms with van der Waals surface area (Å²) in [5, 5.41) is 0.606. The van der Waals surface area contributed by atoms with Gasteiger partial charge in [-0.25, -0.2) is 13.1 Å². The first-order valence-corrected chi connectivity index (χ1v) is 8.37. The van der Waals surface area contributed by atoms with Crippen molar-refractivity contribution in [3.8, 4) is 0 Å². The summed E-state index contributed by atoms with van der Waals surface area (Å²) in [6, 6.07) is 10.8. The number of sulfonamides is 1. The van der Waals surface area contributed by atoms with Gasteiger partial charge in [0.15, 0.2) is 0 Å². The number of rotatable bonds is 4. The Balaban J connectivity index is 2.34. The highest BCUT2D eigenvalue weighted by atomic mass is 35.5. The molecule has 0 aliphatic heterocycles. The Morgan fingerprint density at radius 1 is 1.10 bits per heavy atom. The average Bonchev–Trinajstić information content (AvgIpc) is 2.41. The predicted octanol–water partition coefficient (Wildman–Crippen LogP) is 3.62. The van der Waals surface area contributed by atoms with E-state index < -0.39 is 16.1 Å². The van der Waals surface area contributed by atoms with Crippen LogP contribution < -0.4 is 10.5 Å². The molecule has 0 aliphatic rings. The summed E-state index contributed by atoms with van der Waals surface area (Å²) in [4.78, 5) is -0.0527. The molecule has 0 amide bonds. The lowest BCUT2D eigenvalue weighted by Crippen LogP contribution is -2.27. The van der Waals surface area contributed by atoms with E-state index in [9.17, 15) is 8.42 Å². The summed E-state index contributed by atoms with van der Waals surface area (Å²) in [6.45, 7) is 1.71. The highest BCUT2D eigenvalue weighted by molar-refractivity contribution is 7.89. The van der Waals surface area contributed by atoms with Crippen LogP contribution in [0.2, 0.25) is 10.0 Å². The van der Waals surface area contributed by atoms with Gasteiger partial charge < -0.3 is 5.73 Å². The van der Waals surface area contributed by atoms with Crippen LogP contribution in [0, 0.1) is 0 Å². The second-order valence-electron chi connectivity index (χ2n) is 4.55. The highest BCUT2D eigenvalue weighted by Crippen LogP contribution is 2.27. The van der Waals surface area contributed by atoms with E-state index in [0.29, 0.717) is 16.3 Å². The van der Waals surface area contributed by atoms with Crippen molar-refractivity contribution in [3.05, 3.63) is 58.1 Å². The first-order chi connectivity index (χ1) is 9.81. The molecule has 0 saturated heterocycles. The lowest BCUT2D eigenvalue weighted by atomic mass is 10.1. The maximum absolute atomic E-state index is 12.4. The molecule has 7 heteroatoms. The van der Waals surface area contributed by atoms with Crippen molar-refractivity contribution >= 4 is 38.9 Å². The molecule has 0 fully saturated rings. The lowest BCUT2D eigenvalue weighted by Gasteiger charge is -2.16. The number of nitrogens with two attached hydrogens (primary N) is 1. The van der Waals surface area contributed by atoms with Crippen LogP contribution in [0.1, 0.15) is 18.5 Å². The summed E-state index contributed by atoms with van der Waals surface area (Å²) in [6.07, 6.45) is 0. The fourth-order valence-electron chi connectivity index (χ4n) is 1.91. The number of halogens is 2. The van der Waals surface area contributed by atoms with Crippen LogP contribution in [0.25, 0.3) is 0 Å². The van der Waals surface area contributed by atoms with Crippen LogP contribution in [0.3, 0.4) is 0 Å². The van der Waals surface area contributed by atoms with Gasteiger partial charge in [0.25, 0.3) is 0 Å². The van der Waals surface area contributed by atoms with Crippen molar-refractivity contribution < 1.29 is 8.42 Å². The Morgan fingerprint density at radius 3 is 2.43 bits per heavy atom. The molecule has 0 radical (unpaired) electrons. The number of benzene rings is 2. The van der Waals surface area contributed by atoms with E-state index in [4.69, 9.17) is 28.9 Å². The van der Waals surface area contributed by atoms with Crippen LogP contribution in [0.5, 0.6) is 0 Å². The van der Waals surface area contributed by atoms with E-state index in [2.05, 4.69) is 4.72 Å². The Hall–Kier alpha value is -1.27. The van der Waals surface area contributed by atoms with Gasteiger partial charge >= 0.3 is 0 Å². The van der Waals surface area contributed by atoms with E-state index in [1.807, 2.05) is 0 Å².